The van der Waals surface area contributed by atoms with Crippen molar-refractivity contribution in [1.29, 1.82) is 0 Å². The van der Waals surface area contributed by atoms with E-state index in [1.807, 2.05) is 0 Å². The molecule has 5 nitrogen and oxygen atoms in total. The summed E-state index contributed by atoms with van der Waals surface area (Å²) in [5, 5.41) is 9.41. The summed E-state index contributed by atoms with van der Waals surface area (Å²) < 4.78 is 35.4. The van der Waals surface area contributed by atoms with Gasteiger partial charge in [-0.3, -0.25) is 0 Å². The van der Waals surface area contributed by atoms with Crippen molar-refractivity contribution < 1.29 is 28.4 Å². The molecule has 0 radical (unpaired) electrons. The number of rotatable bonds is 6. The van der Waals surface area contributed by atoms with Crippen molar-refractivity contribution >= 4 is 0 Å². The zero-order valence-corrected chi connectivity index (χ0v) is 12.2. The Morgan fingerprint density at radius 3 is 2.62 bits per heavy atom. The molecule has 0 bridgehead atoms. The number of ether oxygens (including phenoxy) is 4. The summed E-state index contributed by atoms with van der Waals surface area (Å²) in [5.41, 5.74) is 0.469. The van der Waals surface area contributed by atoms with E-state index < -0.39 is 12.4 Å². The summed E-state index contributed by atoms with van der Waals surface area (Å²) in [6, 6.07) is 6.43. The fraction of sp³-hybridized carbons (Fsp3) is 0.600. The van der Waals surface area contributed by atoms with Crippen LogP contribution in [0.15, 0.2) is 24.3 Å². The molecule has 21 heavy (non-hydrogen) atoms. The van der Waals surface area contributed by atoms with Gasteiger partial charge in [-0.15, -0.1) is 0 Å². The molecular formula is C15H21FO5. The highest BCUT2D eigenvalue weighted by Gasteiger charge is 2.38. The van der Waals surface area contributed by atoms with Crippen LogP contribution in [0.3, 0.4) is 0 Å². The predicted molar refractivity (Wildman–Crippen MR) is 73.1 cm³/mol. The predicted octanol–water partition coefficient (Wildman–Crippen LogP) is 1.48. The van der Waals surface area contributed by atoms with Crippen LogP contribution in [0, 0.1) is 5.82 Å². The fourth-order valence-corrected chi connectivity index (χ4v) is 2.40. The third kappa shape index (κ3) is 3.99. The summed E-state index contributed by atoms with van der Waals surface area (Å²) in [7, 11) is 3.08. The molecule has 2 rings (SSSR count). The maximum Gasteiger partial charge on any atom is 0.183 e. The highest BCUT2D eigenvalue weighted by molar-refractivity contribution is 5.16. The molecule has 1 saturated heterocycles. The van der Waals surface area contributed by atoms with E-state index in [9.17, 15) is 9.50 Å². The van der Waals surface area contributed by atoms with Gasteiger partial charge < -0.3 is 24.1 Å². The molecule has 1 aliphatic heterocycles. The lowest BCUT2D eigenvalue weighted by Crippen LogP contribution is -2.51. The Morgan fingerprint density at radius 1 is 1.24 bits per heavy atom. The van der Waals surface area contributed by atoms with E-state index in [2.05, 4.69) is 0 Å². The Kier molecular flexibility index (Phi) is 6.08. The SMILES string of the molecule is CO[C@H]1O[C@H](CO)[C@@H](OCc2ccccc2F)C[C@H]1OC. The average molecular weight is 300 g/mol. The minimum atomic E-state index is -0.541. The maximum atomic E-state index is 13.6. The molecule has 1 aromatic rings. The summed E-state index contributed by atoms with van der Waals surface area (Å²) in [6.07, 6.45) is -1.22. The number of benzene rings is 1. The minimum Gasteiger partial charge on any atom is -0.394 e. The van der Waals surface area contributed by atoms with Crippen molar-refractivity contribution in [2.75, 3.05) is 20.8 Å². The molecule has 0 amide bonds. The summed E-state index contributed by atoms with van der Waals surface area (Å²) in [6.45, 7) is -0.0798. The summed E-state index contributed by atoms with van der Waals surface area (Å²) in [4.78, 5) is 0. The van der Waals surface area contributed by atoms with E-state index in [-0.39, 0.29) is 31.2 Å². The number of hydrogen-bond donors (Lipinski definition) is 1. The van der Waals surface area contributed by atoms with Crippen molar-refractivity contribution in [2.24, 2.45) is 0 Å². The van der Waals surface area contributed by atoms with Gasteiger partial charge in [0.25, 0.3) is 0 Å². The lowest BCUT2D eigenvalue weighted by Gasteiger charge is -2.39. The molecule has 118 valence electrons. The molecule has 6 heteroatoms. The largest absolute Gasteiger partial charge is 0.394 e. The van der Waals surface area contributed by atoms with Gasteiger partial charge in [0.05, 0.1) is 19.3 Å². The first-order chi connectivity index (χ1) is 10.2. The van der Waals surface area contributed by atoms with Gasteiger partial charge in [0, 0.05) is 26.2 Å². The smallest absolute Gasteiger partial charge is 0.183 e. The molecule has 0 saturated carbocycles. The Bertz CT molecular complexity index is 442. The highest BCUT2D eigenvalue weighted by atomic mass is 19.1. The number of aliphatic hydroxyl groups excluding tert-OH is 1. The van der Waals surface area contributed by atoms with Crippen LogP contribution in [-0.2, 0) is 25.6 Å². The molecule has 0 unspecified atom stereocenters. The van der Waals surface area contributed by atoms with Crippen molar-refractivity contribution in [2.45, 2.75) is 37.6 Å². The quantitative estimate of drug-likeness (QED) is 0.862. The Balaban J connectivity index is 1.99. The standard InChI is InChI=1S/C15H21FO5/c1-18-13-7-12(14(8-17)21-15(13)19-2)20-9-10-5-3-4-6-11(10)16/h3-6,12-15,17H,7-9H2,1-2H3/t12-,13+,14+,15-/m0/s1. The lowest BCUT2D eigenvalue weighted by molar-refractivity contribution is -0.274. The molecule has 1 aromatic carbocycles. The first kappa shape index (κ1) is 16.3. The van der Waals surface area contributed by atoms with E-state index in [0.717, 1.165) is 0 Å². The second-order valence-electron chi connectivity index (χ2n) is 4.91. The van der Waals surface area contributed by atoms with Gasteiger partial charge in [-0.05, 0) is 6.07 Å². The van der Waals surface area contributed by atoms with Gasteiger partial charge in [0.15, 0.2) is 6.29 Å². The van der Waals surface area contributed by atoms with Crippen LogP contribution in [0.4, 0.5) is 4.39 Å². The lowest BCUT2D eigenvalue weighted by atomic mass is 10.0. The van der Waals surface area contributed by atoms with E-state index in [1.165, 1.54) is 13.2 Å². The van der Waals surface area contributed by atoms with Gasteiger partial charge in [0.1, 0.15) is 18.0 Å². The highest BCUT2D eigenvalue weighted by Crippen LogP contribution is 2.26. The average Bonchev–Trinajstić information content (AvgIpc) is 2.53. The topological polar surface area (TPSA) is 57.2 Å². The number of aliphatic hydroxyl groups is 1. The van der Waals surface area contributed by atoms with Crippen LogP contribution >= 0.6 is 0 Å². The zero-order valence-electron chi connectivity index (χ0n) is 12.2. The molecular weight excluding hydrogens is 279 g/mol. The molecule has 0 aliphatic carbocycles. The molecule has 1 aliphatic rings. The van der Waals surface area contributed by atoms with Crippen LogP contribution in [0.2, 0.25) is 0 Å². The first-order valence-electron chi connectivity index (χ1n) is 6.86. The van der Waals surface area contributed by atoms with Gasteiger partial charge in [0.2, 0.25) is 0 Å². The van der Waals surface area contributed by atoms with Crippen LogP contribution < -0.4 is 0 Å². The van der Waals surface area contributed by atoms with Gasteiger partial charge in [-0.25, -0.2) is 4.39 Å². The van der Waals surface area contributed by atoms with Crippen LogP contribution in [0.25, 0.3) is 0 Å². The molecule has 0 aromatic heterocycles. The zero-order chi connectivity index (χ0) is 15.2. The van der Waals surface area contributed by atoms with Gasteiger partial charge in [-0.1, -0.05) is 18.2 Å². The number of hydrogen-bond acceptors (Lipinski definition) is 5. The Labute approximate surface area is 123 Å². The van der Waals surface area contributed by atoms with E-state index in [4.69, 9.17) is 18.9 Å². The molecule has 4 atom stereocenters. The van der Waals surface area contributed by atoms with Crippen molar-refractivity contribution in [3.8, 4) is 0 Å². The number of methoxy groups -OCH3 is 2. The van der Waals surface area contributed by atoms with Crippen molar-refractivity contribution in [3.05, 3.63) is 35.6 Å². The van der Waals surface area contributed by atoms with E-state index >= 15 is 0 Å². The second-order valence-corrected chi connectivity index (χ2v) is 4.91. The maximum absolute atomic E-state index is 13.6. The fourth-order valence-electron chi connectivity index (χ4n) is 2.40. The van der Waals surface area contributed by atoms with Crippen LogP contribution in [-0.4, -0.2) is 50.5 Å². The van der Waals surface area contributed by atoms with Gasteiger partial charge in [-0.2, -0.15) is 0 Å². The molecule has 1 fully saturated rings. The molecule has 1 N–H and O–H groups in total. The number of halogens is 1. The van der Waals surface area contributed by atoms with E-state index in [0.29, 0.717) is 12.0 Å². The van der Waals surface area contributed by atoms with Crippen molar-refractivity contribution in [3.63, 3.8) is 0 Å². The third-order valence-electron chi connectivity index (χ3n) is 3.62. The minimum absolute atomic E-state index is 0.116. The monoisotopic (exact) mass is 300 g/mol. The van der Waals surface area contributed by atoms with Gasteiger partial charge >= 0.3 is 0 Å². The normalized spacial score (nSPS) is 29.5. The summed E-state index contributed by atoms with van der Waals surface area (Å²) >= 11 is 0. The second kappa shape index (κ2) is 7.82. The third-order valence-corrected chi connectivity index (χ3v) is 3.62. The van der Waals surface area contributed by atoms with Crippen LogP contribution in [0.5, 0.6) is 0 Å². The summed E-state index contributed by atoms with van der Waals surface area (Å²) in [5.74, 6) is -0.312. The van der Waals surface area contributed by atoms with E-state index in [1.54, 1.807) is 25.3 Å². The molecule has 1 heterocycles. The first-order valence-corrected chi connectivity index (χ1v) is 6.86. The Morgan fingerprint density at radius 2 is 2.00 bits per heavy atom. The van der Waals surface area contributed by atoms with Crippen molar-refractivity contribution in [1.82, 2.24) is 0 Å². The van der Waals surface area contributed by atoms with Crippen LogP contribution in [0.1, 0.15) is 12.0 Å². The Hall–Kier alpha value is -1.05. The molecule has 0 spiro atoms.